The lowest BCUT2D eigenvalue weighted by molar-refractivity contribution is 0.768. The summed E-state index contributed by atoms with van der Waals surface area (Å²) in [4.78, 5) is 15.4. The van der Waals surface area contributed by atoms with Gasteiger partial charge in [-0.2, -0.15) is 0 Å². The standard InChI is InChI=1S/C54H39N3/c1-36-32-37(2)52(55-35-36)45-27-16-15-26-43(45)44-28-17-29-48-51(44)46-33-40(30-31-47(46)54(48,41-22-11-5-12-23-41)42-24-13-6-14-25-42)50-34-49(38-18-7-3-8-19-38)56-53(57-50)39-20-9-4-10-21-39/h3-35H,1-2H3. The van der Waals surface area contributed by atoms with Crippen molar-refractivity contribution in [3.05, 3.63) is 234 Å². The monoisotopic (exact) mass is 729 g/mol. The van der Waals surface area contributed by atoms with Crippen LogP contribution in [0.2, 0.25) is 0 Å². The normalized spacial score (nSPS) is 12.5. The molecule has 0 amide bonds. The molecule has 0 radical (unpaired) electrons. The molecule has 0 saturated carbocycles. The molecule has 0 fully saturated rings. The summed E-state index contributed by atoms with van der Waals surface area (Å²) in [6, 6.07) is 69.6. The Hall–Kier alpha value is -7.23. The van der Waals surface area contributed by atoms with Crippen molar-refractivity contribution in [1.82, 2.24) is 15.0 Å². The number of benzene rings is 7. The summed E-state index contributed by atoms with van der Waals surface area (Å²) in [7, 11) is 0. The maximum absolute atomic E-state index is 5.27. The van der Waals surface area contributed by atoms with E-state index in [1.54, 1.807) is 0 Å². The Morgan fingerprint density at radius 3 is 1.61 bits per heavy atom. The quantitative estimate of drug-likeness (QED) is 0.164. The van der Waals surface area contributed by atoms with Crippen LogP contribution in [0.25, 0.3) is 67.4 Å². The fourth-order valence-electron chi connectivity index (χ4n) is 8.92. The molecule has 270 valence electrons. The van der Waals surface area contributed by atoms with Crippen LogP contribution in [0, 0.1) is 13.8 Å². The van der Waals surface area contributed by atoms with Gasteiger partial charge in [-0.1, -0.05) is 182 Å². The van der Waals surface area contributed by atoms with Gasteiger partial charge < -0.3 is 0 Å². The summed E-state index contributed by atoms with van der Waals surface area (Å²) in [6.45, 7) is 4.26. The number of rotatable bonds is 7. The molecular weight excluding hydrogens is 691 g/mol. The summed E-state index contributed by atoms with van der Waals surface area (Å²) < 4.78 is 0. The summed E-state index contributed by atoms with van der Waals surface area (Å²) in [6.07, 6.45) is 1.97. The van der Waals surface area contributed by atoms with Crippen molar-refractivity contribution in [2.75, 3.05) is 0 Å². The number of hydrogen-bond donors (Lipinski definition) is 0. The van der Waals surface area contributed by atoms with Crippen LogP contribution in [-0.2, 0) is 5.41 Å². The molecule has 0 aliphatic heterocycles. The predicted octanol–water partition coefficient (Wildman–Crippen LogP) is 13.2. The summed E-state index contributed by atoms with van der Waals surface area (Å²) >= 11 is 0. The molecule has 2 aromatic heterocycles. The van der Waals surface area contributed by atoms with Gasteiger partial charge in [0.25, 0.3) is 0 Å². The van der Waals surface area contributed by atoms with E-state index in [4.69, 9.17) is 15.0 Å². The van der Waals surface area contributed by atoms with Gasteiger partial charge in [-0.25, -0.2) is 9.97 Å². The number of pyridine rings is 1. The Bertz CT molecular complexity index is 2800. The molecule has 10 rings (SSSR count). The van der Waals surface area contributed by atoms with Crippen LogP contribution in [0.5, 0.6) is 0 Å². The molecule has 57 heavy (non-hydrogen) atoms. The molecule has 0 N–H and O–H groups in total. The Morgan fingerprint density at radius 1 is 0.404 bits per heavy atom. The van der Waals surface area contributed by atoms with E-state index in [9.17, 15) is 0 Å². The van der Waals surface area contributed by atoms with Crippen LogP contribution in [0.1, 0.15) is 33.4 Å². The van der Waals surface area contributed by atoms with E-state index < -0.39 is 5.41 Å². The van der Waals surface area contributed by atoms with Crippen molar-refractivity contribution >= 4 is 0 Å². The van der Waals surface area contributed by atoms with Gasteiger partial charge in [0.15, 0.2) is 5.82 Å². The molecule has 7 aromatic carbocycles. The molecule has 1 aliphatic rings. The van der Waals surface area contributed by atoms with Gasteiger partial charge >= 0.3 is 0 Å². The van der Waals surface area contributed by atoms with Gasteiger partial charge in [-0.15, -0.1) is 0 Å². The fraction of sp³-hybridized carbons (Fsp3) is 0.0556. The van der Waals surface area contributed by atoms with Crippen molar-refractivity contribution in [2.45, 2.75) is 19.3 Å². The van der Waals surface area contributed by atoms with Crippen molar-refractivity contribution < 1.29 is 0 Å². The zero-order chi connectivity index (χ0) is 38.3. The average Bonchev–Trinajstić information content (AvgIpc) is 3.58. The molecule has 0 atom stereocenters. The second-order valence-electron chi connectivity index (χ2n) is 14.9. The summed E-state index contributed by atoms with van der Waals surface area (Å²) in [5.41, 5.74) is 18.4. The molecule has 0 bridgehead atoms. The molecular formula is C54H39N3. The lowest BCUT2D eigenvalue weighted by Crippen LogP contribution is -2.28. The molecule has 1 aliphatic carbocycles. The van der Waals surface area contributed by atoms with E-state index in [-0.39, 0.29) is 0 Å². The van der Waals surface area contributed by atoms with E-state index in [1.165, 1.54) is 38.9 Å². The van der Waals surface area contributed by atoms with Gasteiger partial charge in [0.05, 0.1) is 22.5 Å². The number of aromatic nitrogens is 3. The smallest absolute Gasteiger partial charge is 0.160 e. The third-order valence-corrected chi connectivity index (χ3v) is 11.4. The highest BCUT2D eigenvalue weighted by Crippen LogP contribution is 2.59. The minimum absolute atomic E-state index is 0.565. The van der Waals surface area contributed by atoms with Crippen LogP contribution >= 0.6 is 0 Å². The van der Waals surface area contributed by atoms with E-state index in [2.05, 4.69) is 184 Å². The maximum atomic E-state index is 5.27. The minimum atomic E-state index is -0.565. The Morgan fingerprint density at radius 2 is 0.965 bits per heavy atom. The van der Waals surface area contributed by atoms with Crippen molar-refractivity contribution in [1.29, 1.82) is 0 Å². The highest BCUT2D eigenvalue weighted by molar-refractivity contribution is 5.99. The average molecular weight is 730 g/mol. The molecule has 2 heterocycles. The first-order valence-electron chi connectivity index (χ1n) is 19.5. The highest BCUT2D eigenvalue weighted by Gasteiger charge is 2.47. The highest BCUT2D eigenvalue weighted by atomic mass is 14.9. The third-order valence-electron chi connectivity index (χ3n) is 11.4. The maximum Gasteiger partial charge on any atom is 0.160 e. The van der Waals surface area contributed by atoms with E-state index in [0.29, 0.717) is 5.82 Å². The SMILES string of the molecule is Cc1cnc(-c2ccccc2-c2cccc3c2-c2cc(-c4cc(-c5ccccc5)nc(-c5ccccc5)n4)ccc2C3(c2ccccc2)c2ccccc2)c(C)c1. The van der Waals surface area contributed by atoms with Gasteiger partial charge in [-0.3, -0.25) is 4.98 Å². The van der Waals surface area contributed by atoms with Crippen molar-refractivity contribution in [2.24, 2.45) is 0 Å². The molecule has 0 saturated heterocycles. The summed E-state index contributed by atoms with van der Waals surface area (Å²) in [5, 5.41) is 0. The van der Waals surface area contributed by atoms with Gasteiger partial charge in [0, 0.05) is 28.5 Å². The third kappa shape index (κ3) is 5.79. The fourth-order valence-corrected chi connectivity index (χ4v) is 8.92. The molecule has 0 spiro atoms. The van der Waals surface area contributed by atoms with Crippen LogP contribution < -0.4 is 0 Å². The number of fused-ring (bicyclic) bond motifs is 3. The molecule has 3 heteroatoms. The van der Waals surface area contributed by atoms with Crippen LogP contribution in [0.15, 0.2) is 200 Å². The number of nitrogens with zero attached hydrogens (tertiary/aromatic N) is 3. The second kappa shape index (κ2) is 14.1. The van der Waals surface area contributed by atoms with E-state index >= 15 is 0 Å². The van der Waals surface area contributed by atoms with Crippen molar-refractivity contribution in [3.8, 4) is 67.4 Å². The molecule has 9 aromatic rings. The first kappa shape index (κ1) is 34.3. The van der Waals surface area contributed by atoms with Gasteiger partial charge in [-0.05, 0) is 81.6 Å². The Labute approximate surface area is 334 Å². The Balaban J connectivity index is 1.28. The largest absolute Gasteiger partial charge is 0.256 e. The van der Waals surface area contributed by atoms with Crippen LogP contribution in [0.3, 0.4) is 0 Å². The first-order chi connectivity index (χ1) is 28.1. The molecule has 3 nitrogen and oxygen atoms in total. The second-order valence-corrected chi connectivity index (χ2v) is 14.9. The molecule has 0 unspecified atom stereocenters. The number of aryl methyl sites for hydroxylation is 2. The zero-order valence-corrected chi connectivity index (χ0v) is 31.9. The van der Waals surface area contributed by atoms with Gasteiger partial charge in [0.1, 0.15) is 0 Å². The van der Waals surface area contributed by atoms with Crippen molar-refractivity contribution in [3.63, 3.8) is 0 Å². The minimum Gasteiger partial charge on any atom is -0.256 e. The number of hydrogen-bond acceptors (Lipinski definition) is 3. The van der Waals surface area contributed by atoms with E-state index in [1.807, 2.05) is 30.5 Å². The van der Waals surface area contributed by atoms with Crippen LogP contribution in [-0.4, -0.2) is 15.0 Å². The Kier molecular flexibility index (Phi) is 8.49. The topological polar surface area (TPSA) is 38.7 Å². The van der Waals surface area contributed by atoms with E-state index in [0.717, 1.165) is 56.0 Å². The van der Waals surface area contributed by atoms with Gasteiger partial charge in [0.2, 0.25) is 0 Å². The lowest BCUT2D eigenvalue weighted by Gasteiger charge is -2.34. The predicted molar refractivity (Wildman–Crippen MR) is 234 cm³/mol. The first-order valence-corrected chi connectivity index (χ1v) is 19.5. The zero-order valence-electron chi connectivity index (χ0n) is 31.9. The lowest BCUT2D eigenvalue weighted by atomic mass is 9.67. The summed E-state index contributed by atoms with van der Waals surface area (Å²) in [5.74, 6) is 0.700. The van der Waals surface area contributed by atoms with Crippen LogP contribution in [0.4, 0.5) is 0 Å².